The summed E-state index contributed by atoms with van der Waals surface area (Å²) in [5.41, 5.74) is 0. The van der Waals surface area contributed by atoms with Gasteiger partial charge in [0.2, 0.25) is 11.8 Å². The summed E-state index contributed by atoms with van der Waals surface area (Å²) in [6.07, 6.45) is 4.49. The topological polar surface area (TPSA) is 82.8 Å². The number of nitrogens with zero attached hydrogens (tertiary/aromatic N) is 1. The number of furan rings is 1. The molecule has 0 spiro atoms. The van der Waals surface area contributed by atoms with E-state index in [0.717, 1.165) is 12.2 Å². The summed E-state index contributed by atoms with van der Waals surface area (Å²) in [4.78, 5) is 25.9. The number of rotatable bonds is 8. The van der Waals surface area contributed by atoms with Gasteiger partial charge >= 0.3 is 0 Å². The smallest absolute Gasteiger partial charge is 0.225 e. The fourth-order valence-corrected chi connectivity index (χ4v) is 3.00. The second-order valence-electron chi connectivity index (χ2n) is 5.42. The highest BCUT2D eigenvalue weighted by Crippen LogP contribution is 2.21. The molecule has 2 rings (SSSR count). The van der Waals surface area contributed by atoms with Crippen LogP contribution in [0.1, 0.15) is 18.6 Å². The summed E-state index contributed by atoms with van der Waals surface area (Å²) in [5, 5.41) is 12.1. The van der Waals surface area contributed by atoms with E-state index in [-0.39, 0.29) is 36.8 Å². The van der Waals surface area contributed by atoms with Crippen LogP contribution in [-0.4, -0.2) is 53.0 Å². The average Bonchev–Trinajstić information content (AvgIpc) is 3.14. The van der Waals surface area contributed by atoms with Gasteiger partial charge in [0, 0.05) is 13.0 Å². The number of aliphatic hydroxyl groups excluding tert-OH is 1. The van der Waals surface area contributed by atoms with Crippen LogP contribution in [0, 0.1) is 5.92 Å². The second kappa shape index (κ2) is 8.24. The van der Waals surface area contributed by atoms with Crippen molar-refractivity contribution in [2.45, 2.75) is 25.4 Å². The van der Waals surface area contributed by atoms with Crippen molar-refractivity contribution >= 4 is 23.6 Å². The molecule has 1 aromatic heterocycles. The molecule has 0 unspecified atom stereocenters. The molecule has 2 N–H and O–H groups in total. The summed E-state index contributed by atoms with van der Waals surface area (Å²) in [7, 11) is 0. The largest absolute Gasteiger partial charge is 0.467 e. The highest BCUT2D eigenvalue weighted by molar-refractivity contribution is 7.98. The van der Waals surface area contributed by atoms with Crippen molar-refractivity contribution in [3.8, 4) is 0 Å². The van der Waals surface area contributed by atoms with Crippen molar-refractivity contribution in [2.24, 2.45) is 5.92 Å². The highest BCUT2D eigenvalue weighted by atomic mass is 32.2. The van der Waals surface area contributed by atoms with Crippen molar-refractivity contribution in [2.75, 3.05) is 25.2 Å². The Morgan fingerprint density at radius 2 is 2.45 bits per heavy atom. The van der Waals surface area contributed by atoms with E-state index in [1.165, 1.54) is 0 Å². The van der Waals surface area contributed by atoms with Gasteiger partial charge in [-0.05, 0) is 30.6 Å². The Morgan fingerprint density at radius 1 is 1.64 bits per heavy atom. The lowest BCUT2D eigenvalue weighted by atomic mass is 10.1. The summed E-state index contributed by atoms with van der Waals surface area (Å²) in [5.74, 6) is 1.03. The molecule has 1 aromatic rings. The summed E-state index contributed by atoms with van der Waals surface area (Å²) >= 11 is 1.67. The van der Waals surface area contributed by atoms with Gasteiger partial charge < -0.3 is 19.7 Å². The number of likely N-dealkylation sites (tertiary alicyclic amines) is 1. The molecule has 22 heavy (non-hydrogen) atoms. The van der Waals surface area contributed by atoms with Gasteiger partial charge in [-0.25, -0.2) is 0 Å². The molecule has 1 saturated heterocycles. The molecule has 0 aliphatic carbocycles. The average molecular weight is 326 g/mol. The predicted octanol–water partition coefficient (Wildman–Crippen LogP) is 0.858. The first-order chi connectivity index (χ1) is 10.6. The first-order valence-corrected chi connectivity index (χ1v) is 8.73. The maximum atomic E-state index is 12.2. The van der Waals surface area contributed by atoms with Gasteiger partial charge in [-0.3, -0.25) is 9.59 Å². The molecule has 7 heteroatoms. The SMILES string of the molecule is CSCC[C@@H](CO)NC(=O)[C@@H]1CC(=O)N(Cc2ccco2)C1. The first-order valence-electron chi connectivity index (χ1n) is 7.34. The number of thioether (sulfide) groups is 1. The fraction of sp³-hybridized carbons (Fsp3) is 0.600. The van der Waals surface area contributed by atoms with Gasteiger partial charge in [0.05, 0.1) is 31.4 Å². The molecule has 2 atom stereocenters. The van der Waals surface area contributed by atoms with Gasteiger partial charge in [-0.15, -0.1) is 0 Å². The standard InChI is InChI=1S/C15H22N2O4S/c1-22-6-4-12(10-18)16-15(20)11-7-14(19)17(8-11)9-13-3-2-5-21-13/h2-3,5,11-12,18H,4,6-10H2,1H3,(H,16,20)/t11-,12+/m1/s1. The summed E-state index contributed by atoms with van der Waals surface area (Å²) in [6, 6.07) is 3.34. The Bertz CT molecular complexity index is 492. The number of hydrogen-bond acceptors (Lipinski definition) is 5. The lowest BCUT2D eigenvalue weighted by Gasteiger charge is -2.19. The predicted molar refractivity (Wildman–Crippen MR) is 84.2 cm³/mol. The Kier molecular flexibility index (Phi) is 6.33. The Morgan fingerprint density at radius 3 is 3.09 bits per heavy atom. The third-order valence-electron chi connectivity index (χ3n) is 3.75. The second-order valence-corrected chi connectivity index (χ2v) is 6.41. The minimum absolute atomic E-state index is 0.0405. The zero-order valence-corrected chi connectivity index (χ0v) is 13.5. The molecule has 122 valence electrons. The van der Waals surface area contributed by atoms with Crippen LogP contribution in [0.2, 0.25) is 0 Å². The van der Waals surface area contributed by atoms with E-state index in [1.54, 1.807) is 29.0 Å². The third-order valence-corrected chi connectivity index (χ3v) is 4.39. The quantitative estimate of drug-likeness (QED) is 0.740. The van der Waals surface area contributed by atoms with Gasteiger partial charge in [0.15, 0.2) is 0 Å². The minimum Gasteiger partial charge on any atom is -0.467 e. The molecule has 0 saturated carbocycles. The molecule has 0 radical (unpaired) electrons. The van der Waals surface area contributed by atoms with Crippen LogP contribution in [0.15, 0.2) is 22.8 Å². The number of hydrogen-bond donors (Lipinski definition) is 2. The first kappa shape index (κ1) is 16.9. The van der Waals surface area contributed by atoms with Gasteiger partial charge in [0.1, 0.15) is 5.76 Å². The van der Waals surface area contributed by atoms with Gasteiger partial charge in [-0.2, -0.15) is 11.8 Å². The number of aliphatic hydroxyl groups is 1. The molecule has 1 aliphatic heterocycles. The van der Waals surface area contributed by atoms with E-state index < -0.39 is 0 Å². The number of amides is 2. The molecule has 1 aliphatic rings. The van der Waals surface area contributed by atoms with Gasteiger partial charge in [0.25, 0.3) is 0 Å². The fourth-order valence-electron chi connectivity index (χ4n) is 2.48. The Balaban J connectivity index is 1.85. The monoisotopic (exact) mass is 326 g/mol. The maximum absolute atomic E-state index is 12.2. The lowest BCUT2D eigenvalue weighted by Crippen LogP contribution is -2.42. The third kappa shape index (κ3) is 4.51. The zero-order valence-electron chi connectivity index (χ0n) is 12.7. The lowest BCUT2D eigenvalue weighted by molar-refractivity contribution is -0.129. The molecule has 0 aromatic carbocycles. The summed E-state index contributed by atoms with van der Waals surface area (Å²) in [6.45, 7) is 0.709. The molecule has 2 amide bonds. The van der Waals surface area contributed by atoms with E-state index in [9.17, 15) is 14.7 Å². The maximum Gasteiger partial charge on any atom is 0.225 e. The molecule has 0 bridgehead atoms. The van der Waals surface area contributed by atoms with Crippen molar-refractivity contribution in [1.82, 2.24) is 10.2 Å². The van der Waals surface area contributed by atoms with E-state index in [1.807, 2.05) is 12.3 Å². The summed E-state index contributed by atoms with van der Waals surface area (Å²) < 4.78 is 5.24. The van der Waals surface area contributed by atoms with Crippen LogP contribution >= 0.6 is 11.8 Å². The van der Waals surface area contributed by atoms with Crippen molar-refractivity contribution in [1.29, 1.82) is 0 Å². The van der Waals surface area contributed by atoms with Crippen molar-refractivity contribution in [3.05, 3.63) is 24.2 Å². The highest BCUT2D eigenvalue weighted by Gasteiger charge is 2.35. The molecular weight excluding hydrogens is 304 g/mol. The van der Waals surface area contributed by atoms with Crippen LogP contribution in [-0.2, 0) is 16.1 Å². The normalized spacial score (nSPS) is 19.5. The van der Waals surface area contributed by atoms with E-state index >= 15 is 0 Å². The zero-order chi connectivity index (χ0) is 15.9. The van der Waals surface area contributed by atoms with E-state index in [4.69, 9.17) is 4.42 Å². The van der Waals surface area contributed by atoms with Crippen LogP contribution in [0.5, 0.6) is 0 Å². The van der Waals surface area contributed by atoms with Gasteiger partial charge in [-0.1, -0.05) is 0 Å². The molecule has 2 heterocycles. The van der Waals surface area contributed by atoms with Crippen molar-refractivity contribution < 1.29 is 19.1 Å². The minimum atomic E-state index is -0.356. The van der Waals surface area contributed by atoms with Crippen LogP contribution in [0.25, 0.3) is 0 Å². The number of carbonyl (C=O) groups is 2. The van der Waals surface area contributed by atoms with E-state index in [0.29, 0.717) is 18.8 Å². The Labute approximate surface area is 134 Å². The van der Waals surface area contributed by atoms with Crippen LogP contribution in [0.3, 0.4) is 0 Å². The van der Waals surface area contributed by atoms with Crippen LogP contribution in [0.4, 0.5) is 0 Å². The van der Waals surface area contributed by atoms with Crippen molar-refractivity contribution in [3.63, 3.8) is 0 Å². The van der Waals surface area contributed by atoms with Crippen LogP contribution < -0.4 is 5.32 Å². The molecular formula is C15H22N2O4S. The molecule has 6 nitrogen and oxygen atoms in total. The number of carbonyl (C=O) groups excluding carboxylic acids is 2. The Hall–Kier alpha value is -1.47. The number of nitrogens with one attached hydrogen (secondary N) is 1. The molecule has 1 fully saturated rings. The van der Waals surface area contributed by atoms with E-state index in [2.05, 4.69) is 5.32 Å².